The number of unbranched alkanes of at least 4 members (excludes halogenated alkanes) is 4. The molecule has 1 fully saturated rings. The molecule has 0 saturated carbocycles. The smallest absolute Gasteiger partial charge is 0.119 e. The van der Waals surface area contributed by atoms with Gasteiger partial charge in [0.1, 0.15) is 5.75 Å². The minimum Gasteiger partial charge on any atom is -0.494 e. The fourth-order valence-corrected chi connectivity index (χ4v) is 4.78. The molecular weight excluding hydrogens is 398 g/mol. The first-order valence-electron chi connectivity index (χ1n) is 12.5. The Bertz CT molecular complexity index is 758. The lowest BCUT2D eigenvalue weighted by atomic mass is 9.73. The van der Waals surface area contributed by atoms with Crippen LogP contribution < -0.4 is 4.74 Å². The molecule has 1 N–H and O–H groups in total. The van der Waals surface area contributed by atoms with Crippen LogP contribution in [0.2, 0.25) is 0 Å². The van der Waals surface area contributed by atoms with E-state index in [1.54, 1.807) is 0 Å². The van der Waals surface area contributed by atoms with Gasteiger partial charge in [0.25, 0.3) is 0 Å². The number of nitrogens with zero attached hydrogens (tertiary/aromatic N) is 1. The Balaban J connectivity index is 1.91. The molecule has 2 aromatic rings. The molecule has 176 valence electrons. The van der Waals surface area contributed by atoms with Crippen molar-refractivity contribution in [1.29, 1.82) is 0 Å². The van der Waals surface area contributed by atoms with Gasteiger partial charge in [0, 0.05) is 25.6 Å². The van der Waals surface area contributed by atoms with Gasteiger partial charge in [-0.1, -0.05) is 81.5 Å². The second kappa shape index (κ2) is 13.0. The summed E-state index contributed by atoms with van der Waals surface area (Å²) in [5.41, 5.74) is 1.25. The normalized spacial score (nSPS) is 17.6. The van der Waals surface area contributed by atoms with Gasteiger partial charge in [0.05, 0.1) is 25.4 Å². The summed E-state index contributed by atoms with van der Waals surface area (Å²) >= 11 is 0. The van der Waals surface area contributed by atoms with Crippen molar-refractivity contribution in [3.63, 3.8) is 0 Å². The number of aliphatic hydroxyl groups is 1. The number of hydrogen-bond acceptors (Lipinski definition) is 4. The van der Waals surface area contributed by atoms with E-state index in [0.717, 1.165) is 63.4 Å². The van der Waals surface area contributed by atoms with Gasteiger partial charge in [-0.25, -0.2) is 0 Å². The summed E-state index contributed by atoms with van der Waals surface area (Å²) in [6.45, 7) is 9.06. The van der Waals surface area contributed by atoms with Crippen molar-refractivity contribution < 1.29 is 14.6 Å². The van der Waals surface area contributed by atoms with Crippen LogP contribution >= 0.6 is 0 Å². The molecular formula is C28H41NO3. The fraction of sp³-hybridized carbons (Fsp3) is 0.571. The van der Waals surface area contributed by atoms with Crippen LogP contribution in [0.15, 0.2) is 54.6 Å². The summed E-state index contributed by atoms with van der Waals surface area (Å²) in [7, 11) is 0. The third-order valence-corrected chi connectivity index (χ3v) is 6.65. The van der Waals surface area contributed by atoms with Gasteiger partial charge in [0.15, 0.2) is 0 Å². The highest BCUT2D eigenvalue weighted by Gasteiger charge is 2.40. The highest BCUT2D eigenvalue weighted by atomic mass is 16.5. The molecule has 2 aromatic carbocycles. The van der Waals surface area contributed by atoms with Gasteiger partial charge in [-0.15, -0.1) is 0 Å². The van der Waals surface area contributed by atoms with E-state index in [-0.39, 0.29) is 5.92 Å². The van der Waals surface area contributed by atoms with E-state index in [1.165, 1.54) is 24.8 Å². The minimum atomic E-state index is -0.934. The van der Waals surface area contributed by atoms with E-state index in [9.17, 15) is 5.11 Å². The van der Waals surface area contributed by atoms with Crippen molar-refractivity contribution in [3.05, 3.63) is 65.7 Å². The lowest BCUT2D eigenvalue weighted by molar-refractivity contribution is -0.0296. The molecule has 2 atom stereocenters. The SMILES string of the molecule is CCCCCCC[C@@](O)(c1ccc(OCC)cc1)[C@@H](CN1CCOCC1)c1ccccc1. The largest absolute Gasteiger partial charge is 0.494 e. The van der Waals surface area contributed by atoms with Crippen molar-refractivity contribution in [3.8, 4) is 5.75 Å². The van der Waals surface area contributed by atoms with Crippen LogP contribution in [0, 0.1) is 0 Å². The first-order valence-corrected chi connectivity index (χ1v) is 12.5. The average molecular weight is 440 g/mol. The maximum absolute atomic E-state index is 12.4. The van der Waals surface area contributed by atoms with Gasteiger partial charge in [-0.3, -0.25) is 4.90 Å². The average Bonchev–Trinajstić information content (AvgIpc) is 2.84. The second-order valence-electron chi connectivity index (χ2n) is 8.92. The summed E-state index contributed by atoms with van der Waals surface area (Å²) in [6, 6.07) is 18.7. The Morgan fingerprint density at radius 2 is 1.62 bits per heavy atom. The number of morpholine rings is 1. The zero-order chi connectivity index (χ0) is 22.7. The molecule has 0 unspecified atom stereocenters. The topological polar surface area (TPSA) is 41.9 Å². The maximum atomic E-state index is 12.4. The monoisotopic (exact) mass is 439 g/mol. The van der Waals surface area contributed by atoms with Crippen LogP contribution in [0.3, 0.4) is 0 Å². The van der Waals surface area contributed by atoms with Gasteiger partial charge >= 0.3 is 0 Å². The lowest BCUT2D eigenvalue weighted by Crippen LogP contribution is -2.45. The molecule has 1 saturated heterocycles. The number of benzene rings is 2. The zero-order valence-corrected chi connectivity index (χ0v) is 20.0. The van der Waals surface area contributed by atoms with E-state index >= 15 is 0 Å². The Labute approximate surface area is 194 Å². The van der Waals surface area contributed by atoms with Crippen LogP contribution in [0.1, 0.15) is 69.4 Å². The van der Waals surface area contributed by atoms with Gasteiger partial charge in [-0.05, 0) is 36.6 Å². The molecule has 0 bridgehead atoms. The Kier molecular flexibility index (Phi) is 10.0. The molecule has 32 heavy (non-hydrogen) atoms. The minimum absolute atomic E-state index is 0.00841. The molecule has 4 heteroatoms. The van der Waals surface area contributed by atoms with Crippen LogP contribution in [0.5, 0.6) is 5.75 Å². The molecule has 0 amide bonds. The first kappa shape index (κ1) is 24.8. The summed E-state index contributed by atoms with van der Waals surface area (Å²) in [6.07, 6.45) is 6.66. The Hall–Kier alpha value is -1.88. The van der Waals surface area contributed by atoms with E-state index in [1.807, 2.05) is 19.1 Å². The van der Waals surface area contributed by atoms with Gasteiger partial charge < -0.3 is 14.6 Å². The van der Waals surface area contributed by atoms with E-state index in [0.29, 0.717) is 6.61 Å². The van der Waals surface area contributed by atoms with Crippen LogP contribution in [0.4, 0.5) is 0 Å². The summed E-state index contributed by atoms with van der Waals surface area (Å²) < 4.78 is 11.2. The Morgan fingerprint density at radius 1 is 0.938 bits per heavy atom. The molecule has 1 heterocycles. The standard InChI is InChI=1S/C28H41NO3/c1-3-5-6-7-11-18-28(30,25-14-16-26(17-15-25)32-4-2)27(24-12-9-8-10-13-24)23-29-19-21-31-22-20-29/h8-10,12-17,27,30H,3-7,11,18-23H2,1-2H3/t27-,28+/m0/s1. The van der Waals surface area contributed by atoms with Crippen LogP contribution in [-0.4, -0.2) is 49.5 Å². The zero-order valence-electron chi connectivity index (χ0n) is 20.0. The highest BCUT2D eigenvalue weighted by molar-refractivity contribution is 5.35. The van der Waals surface area contributed by atoms with Crippen molar-refractivity contribution in [1.82, 2.24) is 4.90 Å². The van der Waals surface area contributed by atoms with Crippen molar-refractivity contribution in [2.24, 2.45) is 0 Å². The molecule has 0 aromatic heterocycles. The van der Waals surface area contributed by atoms with Crippen LogP contribution in [-0.2, 0) is 10.3 Å². The molecule has 1 aliphatic heterocycles. The van der Waals surface area contributed by atoms with Crippen molar-refractivity contribution in [2.75, 3.05) is 39.5 Å². The molecule has 3 rings (SSSR count). The first-order chi connectivity index (χ1) is 15.7. The highest BCUT2D eigenvalue weighted by Crippen LogP contribution is 2.42. The molecule has 0 spiro atoms. The predicted octanol–water partition coefficient (Wildman–Crippen LogP) is 5.75. The van der Waals surface area contributed by atoms with E-state index in [2.05, 4.69) is 54.3 Å². The van der Waals surface area contributed by atoms with Gasteiger partial charge in [-0.2, -0.15) is 0 Å². The predicted molar refractivity (Wildman–Crippen MR) is 131 cm³/mol. The third kappa shape index (κ3) is 6.81. The summed E-state index contributed by atoms with van der Waals surface area (Å²) in [5.74, 6) is 0.844. The quantitative estimate of drug-likeness (QED) is 0.404. The number of rotatable bonds is 13. The fourth-order valence-electron chi connectivity index (χ4n) is 4.78. The number of ether oxygens (including phenoxy) is 2. The third-order valence-electron chi connectivity index (χ3n) is 6.65. The van der Waals surface area contributed by atoms with Crippen molar-refractivity contribution >= 4 is 0 Å². The Morgan fingerprint density at radius 3 is 2.28 bits per heavy atom. The second-order valence-corrected chi connectivity index (χ2v) is 8.92. The van der Waals surface area contributed by atoms with Crippen molar-refractivity contribution in [2.45, 2.75) is 63.9 Å². The van der Waals surface area contributed by atoms with E-state index in [4.69, 9.17) is 9.47 Å². The molecule has 0 radical (unpaired) electrons. The maximum Gasteiger partial charge on any atom is 0.119 e. The molecule has 1 aliphatic rings. The van der Waals surface area contributed by atoms with Gasteiger partial charge in [0.2, 0.25) is 0 Å². The summed E-state index contributed by atoms with van der Waals surface area (Å²) in [4.78, 5) is 2.44. The lowest BCUT2D eigenvalue weighted by Gasteiger charge is -2.41. The summed E-state index contributed by atoms with van der Waals surface area (Å²) in [5, 5.41) is 12.4. The van der Waals surface area contributed by atoms with E-state index < -0.39 is 5.60 Å². The molecule has 0 aliphatic carbocycles. The number of hydrogen-bond donors (Lipinski definition) is 1. The van der Waals surface area contributed by atoms with Crippen LogP contribution in [0.25, 0.3) is 0 Å². The molecule has 4 nitrogen and oxygen atoms in total.